The molecule has 8 nitrogen and oxygen atoms in total. The molecule has 1 unspecified atom stereocenters. The molecular weight excluding hydrogens is 266 g/mol. The van der Waals surface area contributed by atoms with Gasteiger partial charge in [-0.05, 0) is 12.5 Å². The number of carboxylic acids is 1. The second kappa shape index (κ2) is 4.97. The minimum absolute atomic E-state index is 0.132. The molecule has 1 aliphatic rings. The standard InChI is InChI=1S/C12H15N3O5/c1-20-10-6-8(2-3-9(10)15(18)19)14-5-4-12(13,7-14)11(16)17/h2-3,6H,4-5,7,13H2,1H3,(H,16,17). The Morgan fingerprint density at radius 1 is 1.60 bits per heavy atom. The Kier molecular flexibility index (Phi) is 3.49. The summed E-state index contributed by atoms with van der Waals surface area (Å²) in [5.41, 5.74) is 5.04. The van der Waals surface area contributed by atoms with E-state index in [1.54, 1.807) is 11.0 Å². The minimum atomic E-state index is -1.28. The number of nitro benzene ring substituents is 1. The van der Waals surface area contributed by atoms with Crippen LogP contribution >= 0.6 is 0 Å². The van der Waals surface area contributed by atoms with E-state index in [-0.39, 0.29) is 18.0 Å². The van der Waals surface area contributed by atoms with Gasteiger partial charge in [0.05, 0.1) is 12.0 Å². The van der Waals surface area contributed by atoms with Gasteiger partial charge in [0, 0.05) is 30.9 Å². The highest BCUT2D eigenvalue weighted by Crippen LogP contribution is 2.33. The van der Waals surface area contributed by atoms with Gasteiger partial charge in [0.15, 0.2) is 5.75 Å². The zero-order valence-corrected chi connectivity index (χ0v) is 10.9. The molecule has 0 saturated carbocycles. The van der Waals surface area contributed by atoms with Gasteiger partial charge in [-0.3, -0.25) is 14.9 Å². The molecule has 0 radical (unpaired) electrons. The Morgan fingerprint density at radius 3 is 2.80 bits per heavy atom. The van der Waals surface area contributed by atoms with Crippen LogP contribution in [0, 0.1) is 10.1 Å². The van der Waals surface area contributed by atoms with E-state index >= 15 is 0 Å². The van der Waals surface area contributed by atoms with E-state index in [0.717, 1.165) is 0 Å². The van der Waals surface area contributed by atoms with Gasteiger partial charge in [0.25, 0.3) is 0 Å². The fourth-order valence-corrected chi connectivity index (χ4v) is 2.24. The third kappa shape index (κ3) is 2.37. The van der Waals surface area contributed by atoms with E-state index in [1.807, 2.05) is 0 Å². The fraction of sp³-hybridized carbons (Fsp3) is 0.417. The number of ether oxygens (including phenoxy) is 1. The third-order valence-corrected chi connectivity index (χ3v) is 3.45. The predicted octanol–water partition coefficient (Wildman–Crippen LogP) is 0.596. The van der Waals surface area contributed by atoms with E-state index in [1.165, 1.54) is 19.2 Å². The van der Waals surface area contributed by atoms with Crippen LogP contribution in [-0.2, 0) is 4.79 Å². The topological polar surface area (TPSA) is 119 Å². The normalized spacial score (nSPS) is 21.8. The zero-order valence-electron chi connectivity index (χ0n) is 10.9. The Bertz CT molecular complexity index is 562. The lowest BCUT2D eigenvalue weighted by atomic mass is 10.0. The first-order chi connectivity index (χ1) is 9.37. The van der Waals surface area contributed by atoms with Crippen molar-refractivity contribution in [1.82, 2.24) is 0 Å². The molecule has 1 saturated heterocycles. The molecule has 3 N–H and O–H groups in total. The van der Waals surface area contributed by atoms with Gasteiger partial charge in [-0.15, -0.1) is 0 Å². The number of rotatable bonds is 4. The number of hydrogen-bond donors (Lipinski definition) is 2. The van der Waals surface area contributed by atoms with Crippen LogP contribution in [0.1, 0.15) is 6.42 Å². The molecule has 1 heterocycles. The van der Waals surface area contributed by atoms with Crippen molar-refractivity contribution in [3.05, 3.63) is 28.3 Å². The molecule has 0 bridgehead atoms. The monoisotopic (exact) mass is 281 g/mol. The van der Waals surface area contributed by atoms with Crippen molar-refractivity contribution in [3.63, 3.8) is 0 Å². The second-order valence-electron chi connectivity index (χ2n) is 4.75. The molecule has 0 aliphatic carbocycles. The predicted molar refractivity (Wildman–Crippen MR) is 71.0 cm³/mol. The van der Waals surface area contributed by atoms with E-state index in [4.69, 9.17) is 15.6 Å². The van der Waals surface area contributed by atoms with Gasteiger partial charge in [0.1, 0.15) is 5.54 Å². The summed E-state index contributed by atoms with van der Waals surface area (Å²) in [5.74, 6) is -0.911. The van der Waals surface area contributed by atoms with Crippen molar-refractivity contribution >= 4 is 17.3 Å². The van der Waals surface area contributed by atoms with E-state index in [2.05, 4.69) is 0 Å². The van der Waals surface area contributed by atoms with Crippen LogP contribution < -0.4 is 15.4 Å². The van der Waals surface area contributed by atoms with E-state index in [0.29, 0.717) is 18.7 Å². The first-order valence-electron chi connectivity index (χ1n) is 5.97. The molecule has 1 atom stereocenters. The number of benzene rings is 1. The van der Waals surface area contributed by atoms with E-state index in [9.17, 15) is 14.9 Å². The molecular formula is C12H15N3O5. The number of hydrogen-bond acceptors (Lipinski definition) is 6. The molecule has 1 aromatic rings. The largest absolute Gasteiger partial charge is 0.490 e. The van der Waals surface area contributed by atoms with Crippen molar-refractivity contribution in [2.24, 2.45) is 5.73 Å². The number of nitrogens with two attached hydrogens (primary N) is 1. The lowest BCUT2D eigenvalue weighted by Gasteiger charge is -2.22. The summed E-state index contributed by atoms with van der Waals surface area (Å²) in [6.45, 7) is 0.632. The van der Waals surface area contributed by atoms with Crippen LogP contribution in [0.2, 0.25) is 0 Å². The van der Waals surface area contributed by atoms with Gasteiger partial charge >= 0.3 is 11.7 Å². The third-order valence-electron chi connectivity index (χ3n) is 3.45. The number of carbonyl (C=O) groups is 1. The maximum absolute atomic E-state index is 11.1. The van der Waals surface area contributed by atoms with Crippen molar-refractivity contribution in [2.45, 2.75) is 12.0 Å². The average Bonchev–Trinajstić information content (AvgIpc) is 2.82. The highest BCUT2D eigenvalue weighted by molar-refractivity contribution is 5.80. The molecule has 0 amide bonds. The average molecular weight is 281 g/mol. The van der Waals surface area contributed by atoms with E-state index < -0.39 is 16.4 Å². The first-order valence-corrected chi connectivity index (χ1v) is 5.97. The Morgan fingerprint density at radius 2 is 2.30 bits per heavy atom. The Labute approximate surface area is 114 Å². The molecule has 1 fully saturated rings. The number of nitro groups is 1. The summed E-state index contributed by atoms with van der Waals surface area (Å²) in [5, 5.41) is 19.9. The van der Waals surface area contributed by atoms with Crippen LogP contribution in [0.4, 0.5) is 11.4 Å². The molecule has 0 aromatic heterocycles. The molecule has 108 valence electrons. The summed E-state index contributed by atoms with van der Waals surface area (Å²) in [4.78, 5) is 23.2. The van der Waals surface area contributed by atoms with Gasteiger partial charge < -0.3 is 20.5 Å². The fourth-order valence-electron chi connectivity index (χ4n) is 2.24. The molecule has 2 rings (SSSR count). The lowest BCUT2D eigenvalue weighted by molar-refractivity contribution is -0.385. The maximum Gasteiger partial charge on any atom is 0.325 e. The van der Waals surface area contributed by atoms with Crippen LogP contribution in [0.5, 0.6) is 5.75 Å². The number of aliphatic carboxylic acids is 1. The molecule has 1 aliphatic heterocycles. The number of nitrogens with zero attached hydrogens (tertiary/aromatic N) is 2. The maximum atomic E-state index is 11.1. The van der Waals surface area contributed by atoms with Gasteiger partial charge in [-0.25, -0.2) is 0 Å². The van der Waals surface area contributed by atoms with Crippen LogP contribution in [-0.4, -0.2) is 41.7 Å². The van der Waals surface area contributed by atoms with Crippen molar-refractivity contribution < 1.29 is 19.6 Å². The number of anilines is 1. The quantitative estimate of drug-likeness (QED) is 0.612. The Balaban J connectivity index is 2.27. The van der Waals surface area contributed by atoms with Gasteiger partial charge in [-0.2, -0.15) is 0 Å². The van der Waals surface area contributed by atoms with Crippen molar-refractivity contribution in [3.8, 4) is 5.75 Å². The SMILES string of the molecule is COc1cc(N2CCC(N)(C(=O)O)C2)ccc1[N+](=O)[O-]. The Hall–Kier alpha value is -2.35. The highest BCUT2D eigenvalue weighted by atomic mass is 16.6. The number of methoxy groups -OCH3 is 1. The van der Waals surface area contributed by atoms with Crippen LogP contribution in [0.3, 0.4) is 0 Å². The zero-order chi connectivity index (χ0) is 14.9. The summed E-state index contributed by atoms with van der Waals surface area (Å²) >= 11 is 0. The van der Waals surface area contributed by atoms with Crippen LogP contribution in [0.25, 0.3) is 0 Å². The van der Waals surface area contributed by atoms with Gasteiger partial charge in [0.2, 0.25) is 0 Å². The molecule has 20 heavy (non-hydrogen) atoms. The highest BCUT2D eigenvalue weighted by Gasteiger charge is 2.41. The first kappa shape index (κ1) is 14.1. The van der Waals surface area contributed by atoms with Crippen LogP contribution in [0.15, 0.2) is 18.2 Å². The summed E-state index contributed by atoms with van der Waals surface area (Å²) in [7, 11) is 1.35. The molecule has 0 spiro atoms. The minimum Gasteiger partial charge on any atom is -0.490 e. The smallest absolute Gasteiger partial charge is 0.325 e. The van der Waals surface area contributed by atoms with Crippen molar-refractivity contribution in [1.29, 1.82) is 0 Å². The summed E-state index contributed by atoms with van der Waals surface area (Å²) in [6, 6.07) is 4.42. The summed E-state index contributed by atoms with van der Waals surface area (Å²) in [6.07, 6.45) is 0.321. The van der Waals surface area contributed by atoms with Crippen molar-refractivity contribution in [2.75, 3.05) is 25.1 Å². The summed E-state index contributed by atoms with van der Waals surface area (Å²) < 4.78 is 4.99. The number of carboxylic acid groups (broad SMARTS) is 1. The molecule has 1 aromatic carbocycles. The van der Waals surface area contributed by atoms with Gasteiger partial charge in [-0.1, -0.05) is 0 Å². The second-order valence-corrected chi connectivity index (χ2v) is 4.75. The lowest BCUT2D eigenvalue weighted by Crippen LogP contribution is -2.50. The molecule has 8 heteroatoms.